The third-order valence-electron chi connectivity index (χ3n) is 2.38. The lowest BCUT2D eigenvalue weighted by Crippen LogP contribution is -2.22. The van der Waals surface area contributed by atoms with E-state index in [0.29, 0.717) is 5.92 Å². The lowest BCUT2D eigenvalue weighted by Gasteiger charge is -2.07. The smallest absolute Gasteiger partial charge is 0.157 e. The van der Waals surface area contributed by atoms with Crippen molar-refractivity contribution in [2.24, 2.45) is 5.92 Å². The predicted molar refractivity (Wildman–Crippen MR) is 70.3 cm³/mol. The topological polar surface area (TPSA) is 39.1 Å². The molecule has 0 fully saturated rings. The number of nitrogens with zero attached hydrogens (tertiary/aromatic N) is 2. The van der Waals surface area contributed by atoms with Gasteiger partial charge in [-0.1, -0.05) is 20.8 Å². The molecule has 0 atom stereocenters. The van der Waals surface area contributed by atoms with E-state index in [1.54, 1.807) is 6.20 Å². The summed E-state index contributed by atoms with van der Waals surface area (Å²) in [5.41, 5.74) is 0. The van der Waals surface area contributed by atoms with Crippen molar-refractivity contribution in [1.29, 1.82) is 0 Å². The Morgan fingerprint density at radius 2 is 2.29 bits per heavy atom. The average molecular weight is 239 g/mol. The maximum Gasteiger partial charge on any atom is 0.157 e. The molecule has 4 heteroatoms. The zero-order chi connectivity index (χ0) is 12.5. The van der Waals surface area contributed by atoms with Crippen LogP contribution in [0.15, 0.2) is 12.4 Å². The summed E-state index contributed by atoms with van der Waals surface area (Å²) in [4.78, 5) is 0. The molecule has 0 aliphatic heterocycles. The summed E-state index contributed by atoms with van der Waals surface area (Å²) in [6, 6.07) is 0. The van der Waals surface area contributed by atoms with Gasteiger partial charge in [-0.15, -0.1) is 0 Å². The van der Waals surface area contributed by atoms with E-state index in [1.807, 2.05) is 10.9 Å². The molecule has 1 N–H and O–H groups in total. The van der Waals surface area contributed by atoms with Crippen LogP contribution in [-0.2, 0) is 6.54 Å². The molecule has 0 spiro atoms. The van der Waals surface area contributed by atoms with Gasteiger partial charge >= 0.3 is 0 Å². The summed E-state index contributed by atoms with van der Waals surface area (Å²) in [6.07, 6.45) is 5.88. The number of aryl methyl sites for hydroxylation is 1. The summed E-state index contributed by atoms with van der Waals surface area (Å²) in [5.74, 6) is 1.59. The van der Waals surface area contributed by atoms with Crippen LogP contribution in [-0.4, -0.2) is 29.5 Å². The van der Waals surface area contributed by atoms with Crippen molar-refractivity contribution in [3.63, 3.8) is 0 Å². The first-order valence-corrected chi connectivity index (χ1v) is 6.58. The molecular formula is C13H25N3O. The van der Waals surface area contributed by atoms with Gasteiger partial charge in [-0.3, -0.25) is 4.68 Å². The van der Waals surface area contributed by atoms with Crippen molar-refractivity contribution >= 4 is 0 Å². The van der Waals surface area contributed by atoms with Crippen LogP contribution >= 0.6 is 0 Å². The molecule has 1 heterocycles. The molecule has 1 aromatic rings. The Labute approximate surface area is 104 Å². The number of ether oxygens (including phenoxy) is 1. The van der Waals surface area contributed by atoms with E-state index in [9.17, 15) is 0 Å². The first kappa shape index (κ1) is 14.0. The van der Waals surface area contributed by atoms with Crippen molar-refractivity contribution in [1.82, 2.24) is 15.1 Å². The lowest BCUT2D eigenvalue weighted by molar-refractivity contribution is 0.306. The first-order valence-electron chi connectivity index (χ1n) is 6.58. The third-order valence-corrected chi connectivity index (χ3v) is 2.38. The fraction of sp³-hybridized carbons (Fsp3) is 0.769. The van der Waals surface area contributed by atoms with Crippen molar-refractivity contribution < 1.29 is 4.74 Å². The van der Waals surface area contributed by atoms with Crippen LogP contribution in [0.2, 0.25) is 0 Å². The zero-order valence-electron chi connectivity index (χ0n) is 11.3. The second-order valence-electron chi connectivity index (χ2n) is 4.74. The minimum Gasteiger partial charge on any atom is -0.490 e. The molecule has 1 aromatic heterocycles. The van der Waals surface area contributed by atoms with E-state index in [4.69, 9.17) is 4.74 Å². The highest BCUT2D eigenvalue weighted by Gasteiger charge is 1.98. The molecule has 17 heavy (non-hydrogen) atoms. The molecule has 0 aliphatic rings. The average Bonchev–Trinajstić information content (AvgIpc) is 2.71. The standard InChI is InChI=1S/C13H25N3O/c1-4-7-16-11-13(10-15-16)17-8-5-6-14-9-12(2)3/h10-12,14H,4-9H2,1-3H3. The molecule has 0 bridgehead atoms. The number of aromatic nitrogens is 2. The third kappa shape index (κ3) is 6.31. The van der Waals surface area contributed by atoms with Crippen LogP contribution in [0.1, 0.15) is 33.6 Å². The highest BCUT2D eigenvalue weighted by molar-refractivity contribution is 5.11. The van der Waals surface area contributed by atoms with Crippen LogP contribution in [0.5, 0.6) is 5.75 Å². The fourth-order valence-corrected chi connectivity index (χ4v) is 1.55. The quantitative estimate of drug-likeness (QED) is 0.672. The Kier molecular flexibility index (Phi) is 6.70. The fourth-order valence-electron chi connectivity index (χ4n) is 1.55. The van der Waals surface area contributed by atoms with Gasteiger partial charge in [0.15, 0.2) is 5.75 Å². The lowest BCUT2D eigenvalue weighted by atomic mass is 10.2. The van der Waals surface area contributed by atoms with E-state index in [0.717, 1.165) is 44.8 Å². The maximum absolute atomic E-state index is 5.62. The summed E-state index contributed by atoms with van der Waals surface area (Å²) in [5, 5.41) is 7.62. The Morgan fingerprint density at radius 1 is 1.47 bits per heavy atom. The van der Waals surface area contributed by atoms with Crippen LogP contribution in [0.4, 0.5) is 0 Å². The molecule has 4 nitrogen and oxygen atoms in total. The van der Waals surface area contributed by atoms with E-state index in [2.05, 4.69) is 31.2 Å². The predicted octanol–water partition coefficient (Wildman–Crippen LogP) is 2.31. The van der Waals surface area contributed by atoms with Gasteiger partial charge in [-0.25, -0.2) is 0 Å². The van der Waals surface area contributed by atoms with Crippen LogP contribution in [0.25, 0.3) is 0 Å². The summed E-state index contributed by atoms with van der Waals surface area (Å²) >= 11 is 0. The van der Waals surface area contributed by atoms with E-state index in [1.165, 1.54) is 0 Å². The number of hydrogen-bond acceptors (Lipinski definition) is 3. The molecule has 0 aromatic carbocycles. The SMILES string of the molecule is CCCn1cc(OCCCNCC(C)C)cn1. The van der Waals surface area contributed by atoms with Crippen molar-refractivity contribution in [2.45, 2.75) is 40.2 Å². The second-order valence-corrected chi connectivity index (χ2v) is 4.74. The highest BCUT2D eigenvalue weighted by atomic mass is 16.5. The summed E-state index contributed by atoms with van der Waals surface area (Å²) < 4.78 is 7.54. The molecule has 0 radical (unpaired) electrons. The van der Waals surface area contributed by atoms with Gasteiger partial charge in [-0.2, -0.15) is 5.10 Å². The Morgan fingerprint density at radius 3 is 3.00 bits per heavy atom. The normalized spacial score (nSPS) is 11.1. The highest BCUT2D eigenvalue weighted by Crippen LogP contribution is 2.08. The largest absolute Gasteiger partial charge is 0.490 e. The monoisotopic (exact) mass is 239 g/mol. The van der Waals surface area contributed by atoms with Gasteiger partial charge in [0.25, 0.3) is 0 Å². The molecule has 98 valence electrons. The second kappa shape index (κ2) is 8.12. The minimum atomic E-state index is 0.711. The number of hydrogen-bond donors (Lipinski definition) is 1. The van der Waals surface area contributed by atoms with Gasteiger partial charge in [0.2, 0.25) is 0 Å². The van der Waals surface area contributed by atoms with Gasteiger partial charge in [0, 0.05) is 6.54 Å². The Bertz CT molecular complexity index is 297. The molecule has 0 unspecified atom stereocenters. The Balaban J connectivity index is 2.05. The van der Waals surface area contributed by atoms with Gasteiger partial charge < -0.3 is 10.1 Å². The molecular weight excluding hydrogens is 214 g/mol. The molecule has 1 rings (SSSR count). The number of rotatable bonds is 9. The van der Waals surface area contributed by atoms with Crippen molar-refractivity contribution in [3.05, 3.63) is 12.4 Å². The summed E-state index contributed by atoms with van der Waals surface area (Å²) in [7, 11) is 0. The van der Waals surface area contributed by atoms with Gasteiger partial charge in [0.05, 0.1) is 19.0 Å². The zero-order valence-corrected chi connectivity index (χ0v) is 11.3. The van der Waals surface area contributed by atoms with Crippen LogP contribution in [0.3, 0.4) is 0 Å². The van der Waals surface area contributed by atoms with Crippen LogP contribution < -0.4 is 10.1 Å². The van der Waals surface area contributed by atoms with Gasteiger partial charge in [-0.05, 0) is 31.8 Å². The molecule has 0 amide bonds. The van der Waals surface area contributed by atoms with Gasteiger partial charge in [0.1, 0.15) is 0 Å². The molecule has 0 saturated heterocycles. The number of nitrogens with one attached hydrogen (secondary N) is 1. The molecule has 0 aliphatic carbocycles. The summed E-state index contributed by atoms with van der Waals surface area (Å²) in [6.45, 7) is 10.4. The van der Waals surface area contributed by atoms with Crippen molar-refractivity contribution in [2.75, 3.05) is 19.7 Å². The maximum atomic E-state index is 5.62. The molecule has 0 saturated carbocycles. The van der Waals surface area contributed by atoms with Crippen LogP contribution in [0, 0.1) is 5.92 Å². The van der Waals surface area contributed by atoms with E-state index < -0.39 is 0 Å². The Hall–Kier alpha value is -1.03. The van der Waals surface area contributed by atoms with E-state index in [-0.39, 0.29) is 0 Å². The van der Waals surface area contributed by atoms with E-state index >= 15 is 0 Å². The van der Waals surface area contributed by atoms with Crippen molar-refractivity contribution in [3.8, 4) is 5.75 Å². The first-order chi connectivity index (χ1) is 8.22. The minimum absolute atomic E-state index is 0.711.